The molecule has 0 aromatic carbocycles. The molecule has 0 bridgehead atoms. The highest BCUT2D eigenvalue weighted by Crippen LogP contribution is 2.11. The molecule has 7 nitrogen and oxygen atoms in total. The Hall–Kier alpha value is -2.31. The highest BCUT2D eigenvalue weighted by molar-refractivity contribution is 5.80. The molecule has 0 aliphatic rings. The summed E-state index contributed by atoms with van der Waals surface area (Å²) >= 11 is 0. The zero-order chi connectivity index (χ0) is 16.9. The van der Waals surface area contributed by atoms with Crippen LogP contribution in [0.4, 0.5) is 10.6 Å². The third kappa shape index (κ3) is 5.99. The average Bonchev–Trinajstić information content (AvgIpc) is 2.36. The van der Waals surface area contributed by atoms with Crippen LogP contribution in [0.15, 0.2) is 18.3 Å². The largest absolute Gasteiger partial charge is 0.480 e. The van der Waals surface area contributed by atoms with Gasteiger partial charge in [0, 0.05) is 26.7 Å². The van der Waals surface area contributed by atoms with E-state index < -0.39 is 23.7 Å². The van der Waals surface area contributed by atoms with Gasteiger partial charge in [0.25, 0.3) is 0 Å². The molecule has 1 amide bonds. The highest BCUT2D eigenvalue weighted by Gasteiger charge is 2.24. The number of ether oxygens (including phenoxy) is 1. The molecule has 0 radical (unpaired) electrons. The summed E-state index contributed by atoms with van der Waals surface area (Å²) in [4.78, 5) is 29.0. The number of anilines is 1. The van der Waals surface area contributed by atoms with Crippen LogP contribution in [-0.4, -0.2) is 47.9 Å². The van der Waals surface area contributed by atoms with Crippen molar-refractivity contribution in [3.05, 3.63) is 23.9 Å². The van der Waals surface area contributed by atoms with E-state index in [-0.39, 0.29) is 6.42 Å². The smallest absolute Gasteiger partial charge is 0.408 e. The molecule has 1 rings (SSSR count). The fraction of sp³-hybridized carbons (Fsp3) is 0.533. The standard InChI is InChI=1S/C15H23N3O4/c1-15(2,3)22-14(21)17-11(13(19)20)8-10-6-7-12(16-9-10)18(4)5/h6-7,9,11H,8H2,1-5H3,(H,17,21)(H,19,20)/t11-/m0/s1. The molecule has 0 spiro atoms. The fourth-order valence-electron chi connectivity index (χ4n) is 1.69. The monoisotopic (exact) mass is 309 g/mol. The molecule has 0 unspecified atom stereocenters. The highest BCUT2D eigenvalue weighted by atomic mass is 16.6. The molecule has 1 atom stereocenters. The van der Waals surface area contributed by atoms with Gasteiger partial charge < -0.3 is 20.1 Å². The molecular formula is C15H23N3O4. The van der Waals surface area contributed by atoms with E-state index in [4.69, 9.17) is 4.74 Å². The van der Waals surface area contributed by atoms with Crippen molar-refractivity contribution in [1.29, 1.82) is 0 Å². The lowest BCUT2D eigenvalue weighted by atomic mass is 10.1. The minimum absolute atomic E-state index is 0.134. The Labute approximate surface area is 130 Å². The molecule has 0 saturated heterocycles. The molecular weight excluding hydrogens is 286 g/mol. The van der Waals surface area contributed by atoms with Gasteiger partial charge in [-0.1, -0.05) is 6.07 Å². The summed E-state index contributed by atoms with van der Waals surface area (Å²) in [6, 6.07) is 2.51. The van der Waals surface area contributed by atoms with Crippen LogP contribution in [-0.2, 0) is 16.0 Å². The number of pyridine rings is 1. The van der Waals surface area contributed by atoms with E-state index >= 15 is 0 Å². The summed E-state index contributed by atoms with van der Waals surface area (Å²) < 4.78 is 5.07. The van der Waals surface area contributed by atoms with Crippen molar-refractivity contribution >= 4 is 17.9 Å². The van der Waals surface area contributed by atoms with Crippen LogP contribution in [0.3, 0.4) is 0 Å². The van der Waals surface area contributed by atoms with E-state index in [1.165, 1.54) is 0 Å². The molecule has 0 aliphatic heterocycles. The van der Waals surface area contributed by atoms with Gasteiger partial charge in [0.05, 0.1) is 0 Å². The van der Waals surface area contributed by atoms with Crippen LogP contribution in [0.25, 0.3) is 0 Å². The maximum Gasteiger partial charge on any atom is 0.408 e. The average molecular weight is 309 g/mol. The van der Waals surface area contributed by atoms with Crippen molar-refractivity contribution < 1.29 is 19.4 Å². The fourth-order valence-corrected chi connectivity index (χ4v) is 1.69. The zero-order valence-corrected chi connectivity index (χ0v) is 13.6. The molecule has 22 heavy (non-hydrogen) atoms. The van der Waals surface area contributed by atoms with Crippen LogP contribution in [0.5, 0.6) is 0 Å². The normalized spacial score (nSPS) is 12.4. The number of aliphatic carboxylic acids is 1. The molecule has 0 fully saturated rings. The second-order valence-electron chi connectivity index (χ2n) is 6.16. The van der Waals surface area contributed by atoms with Crippen molar-refractivity contribution in [3.63, 3.8) is 0 Å². The van der Waals surface area contributed by atoms with Gasteiger partial charge in [0.15, 0.2) is 0 Å². The van der Waals surface area contributed by atoms with Crippen LogP contribution >= 0.6 is 0 Å². The maximum atomic E-state index is 11.7. The predicted octanol–water partition coefficient (Wildman–Crippen LogP) is 1.67. The van der Waals surface area contributed by atoms with Gasteiger partial charge in [-0.15, -0.1) is 0 Å². The lowest BCUT2D eigenvalue weighted by molar-refractivity contribution is -0.139. The number of nitrogens with zero attached hydrogens (tertiary/aromatic N) is 2. The molecule has 0 saturated carbocycles. The van der Waals surface area contributed by atoms with Crippen molar-refractivity contribution in [2.45, 2.75) is 38.8 Å². The van der Waals surface area contributed by atoms with E-state index in [0.29, 0.717) is 5.56 Å². The summed E-state index contributed by atoms with van der Waals surface area (Å²) in [5.74, 6) is -0.349. The number of carboxylic acid groups (broad SMARTS) is 1. The molecule has 7 heteroatoms. The Morgan fingerprint density at radius 2 is 2.00 bits per heavy atom. The first kappa shape index (κ1) is 17.7. The van der Waals surface area contributed by atoms with Crippen molar-refractivity contribution in [3.8, 4) is 0 Å². The second kappa shape index (κ2) is 7.11. The second-order valence-corrected chi connectivity index (χ2v) is 6.16. The summed E-state index contributed by atoms with van der Waals surface area (Å²) in [6.45, 7) is 5.14. The first-order valence-electron chi connectivity index (χ1n) is 6.93. The first-order valence-corrected chi connectivity index (χ1v) is 6.93. The third-order valence-electron chi connectivity index (χ3n) is 2.70. The van der Waals surface area contributed by atoms with Crippen molar-refractivity contribution in [1.82, 2.24) is 10.3 Å². The van der Waals surface area contributed by atoms with Crippen LogP contribution in [0, 0.1) is 0 Å². The lowest BCUT2D eigenvalue weighted by Crippen LogP contribution is -2.44. The minimum atomic E-state index is -1.12. The Morgan fingerprint density at radius 1 is 1.36 bits per heavy atom. The lowest BCUT2D eigenvalue weighted by Gasteiger charge is -2.22. The number of aromatic nitrogens is 1. The molecule has 1 heterocycles. The number of rotatable bonds is 5. The topological polar surface area (TPSA) is 91.8 Å². The molecule has 1 aromatic heterocycles. The van der Waals surface area contributed by atoms with E-state index in [0.717, 1.165) is 5.82 Å². The van der Waals surface area contributed by atoms with Crippen molar-refractivity contribution in [2.24, 2.45) is 0 Å². The summed E-state index contributed by atoms with van der Waals surface area (Å²) in [6.07, 6.45) is 0.981. The number of hydrogen-bond donors (Lipinski definition) is 2. The van der Waals surface area contributed by atoms with Crippen LogP contribution in [0.2, 0.25) is 0 Å². The number of carbonyl (C=O) groups is 2. The number of amides is 1. The Bertz CT molecular complexity index is 521. The molecule has 122 valence electrons. The maximum absolute atomic E-state index is 11.7. The molecule has 1 aromatic rings. The number of hydrogen-bond acceptors (Lipinski definition) is 5. The van der Waals surface area contributed by atoms with Crippen LogP contribution in [0.1, 0.15) is 26.3 Å². The van der Waals surface area contributed by atoms with Gasteiger partial charge >= 0.3 is 12.1 Å². The van der Waals surface area contributed by atoms with Crippen LogP contribution < -0.4 is 10.2 Å². The predicted molar refractivity (Wildman–Crippen MR) is 83.1 cm³/mol. The van der Waals surface area contributed by atoms with E-state index in [9.17, 15) is 14.7 Å². The SMILES string of the molecule is CN(C)c1ccc(C[C@H](NC(=O)OC(C)(C)C)C(=O)O)cn1. The Morgan fingerprint density at radius 3 is 2.41 bits per heavy atom. The molecule has 0 aliphatic carbocycles. The van der Waals surface area contributed by atoms with Gasteiger partial charge in [-0.2, -0.15) is 0 Å². The number of nitrogens with one attached hydrogen (secondary N) is 1. The van der Waals surface area contributed by atoms with Gasteiger partial charge in [0.1, 0.15) is 17.5 Å². The van der Waals surface area contributed by atoms with Gasteiger partial charge in [-0.05, 0) is 32.4 Å². The van der Waals surface area contributed by atoms with Crippen molar-refractivity contribution in [2.75, 3.05) is 19.0 Å². The Kier molecular flexibility index (Phi) is 5.73. The number of carbonyl (C=O) groups excluding carboxylic acids is 1. The first-order chi connectivity index (χ1) is 10.1. The minimum Gasteiger partial charge on any atom is -0.480 e. The Balaban J connectivity index is 2.72. The molecule has 2 N–H and O–H groups in total. The number of alkyl carbamates (subject to hydrolysis) is 1. The van der Waals surface area contributed by atoms with Gasteiger partial charge in [-0.25, -0.2) is 14.6 Å². The third-order valence-corrected chi connectivity index (χ3v) is 2.70. The zero-order valence-electron chi connectivity index (χ0n) is 13.6. The van der Waals surface area contributed by atoms with E-state index in [2.05, 4.69) is 10.3 Å². The van der Waals surface area contributed by atoms with Gasteiger partial charge in [-0.3, -0.25) is 0 Å². The van der Waals surface area contributed by atoms with E-state index in [1.54, 1.807) is 39.1 Å². The van der Waals surface area contributed by atoms with E-state index in [1.807, 2.05) is 19.0 Å². The summed E-state index contributed by atoms with van der Waals surface area (Å²) in [5.41, 5.74) is 0.0382. The summed E-state index contributed by atoms with van der Waals surface area (Å²) in [5, 5.41) is 11.6. The quantitative estimate of drug-likeness (QED) is 0.859. The number of carboxylic acids is 1. The summed E-state index contributed by atoms with van der Waals surface area (Å²) in [7, 11) is 3.73. The van der Waals surface area contributed by atoms with Gasteiger partial charge in [0.2, 0.25) is 0 Å².